The van der Waals surface area contributed by atoms with Gasteiger partial charge in [-0.1, -0.05) is 30.3 Å². The van der Waals surface area contributed by atoms with Crippen LogP contribution in [0.25, 0.3) is 0 Å². The number of benzene rings is 1. The van der Waals surface area contributed by atoms with Gasteiger partial charge in [-0.15, -0.1) is 0 Å². The summed E-state index contributed by atoms with van der Waals surface area (Å²) in [7, 11) is 0. The Morgan fingerprint density at radius 1 is 1.31 bits per heavy atom. The van der Waals surface area contributed by atoms with Gasteiger partial charge in [0.25, 0.3) is 0 Å². The maximum absolute atomic E-state index is 10.1. The Morgan fingerprint density at radius 2 is 2.00 bits per heavy atom. The molecule has 2 unspecified atom stereocenters. The van der Waals surface area contributed by atoms with Gasteiger partial charge in [-0.05, 0) is 5.56 Å². The van der Waals surface area contributed by atoms with E-state index < -0.39 is 11.7 Å². The van der Waals surface area contributed by atoms with E-state index in [1.807, 2.05) is 30.3 Å². The summed E-state index contributed by atoms with van der Waals surface area (Å²) in [6.07, 6.45) is -0.713. The third kappa shape index (κ3) is 1.35. The minimum Gasteiger partial charge on any atom is -0.388 e. The second kappa shape index (κ2) is 3.10. The van der Waals surface area contributed by atoms with E-state index in [9.17, 15) is 10.2 Å². The number of hydrogen-bond acceptors (Lipinski definition) is 3. The van der Waals surface area contributed by atoms with Crippen LogP contribution in [0, 0.1) is 0 Å². The van der Waals surface area contributed by atoms with Crippen molar-refractivity contribution < 1.29 is 10.2 Å². The largest absolute Gasteiger partial charge is 0.388 e. The monoisotopic (exact) mass is 179 g/mol. The van der Waals surface area contributed by atoms with Crippen LogP contribution in [0.2, 0.25) is 0 Å². The van der Waals surface area contributed by atoms with Gasteiger partial charge in [0.1, 0.15) is 11.7 Å². The highest BCUT2D eigenvalue weighted by Crippen LogP contribution is 2.27. The first-order valence-electron chi connectivity index (χ1n) is 4.40. The van der Waals surface area contributed by atoms with E-state index in [1.54, 1.807) is 0 Å². The number of rotatable bonds is 1. The van der Waals surface area contributed by atoms with Crippen molar-refractivity contribution in [2.45, 2.75) is 11.7 Å². The molecule has 3 heteroatoms. The van der Waals surface area contributed by atoms with Gasteiger partial charge in [0.15, 0.2) is 0 Å². The molecular formula is C10H13NO2. The summed E-state index contributed by atoms with van der Waals surface area (Å²) in [6, 6.07) is 9.27. The fourth-order valence-electron chi connectivity index (χ4n) is 1.71. The maximum atomic E-state index is 10.1. The number of hydrogen-bond donors (Lipinski definition) is 3. The van der Waals surface area contributed by atoms with Crippen molar-refractivity contribution in [3.8, 4) is 0 Å². The van der Waals surface area contributed by atoms with E-state index in [-0.39, 0.29) is 0 Å². The van der Waals surface area contributed by atoms with E-state index in [2.05, 4.69) is 5.32 Å². The Hall–Kier alpha value is -0.900. The van der Waals surface area contributed by atoms with Gasteiger partial charge in [-0.25, -0.2) is 0 Å². The number of nitrogens with one attached hydrogen (secondary N) is 1. The standard InChI is InChI=1S/C10H13NO2/c12-9-6-11-7-10(9,13)8-4-2-1-3-5-8/h1-5,9,11-13H,6-7H2. The molecule has 0 amide bonds. The molecule has 0 bridgehead atoms. The predicted molar refractivity (Wildman–Crippen MR) is 49.2 cm³/mol. The molecule has 2 rings (SSSR count). The molecule has 1 aliphatic heterocycles. The number of aliphatic hydroxyl groups is 2. The summed E-state index contributed by atoms with van der Waals surface area (Å²) in [4.78, 5) is 0. The minimum absolute atomic E-state index is 0.415. The second-order valence-electron chi connectivity index (χ2n) is 3.44. The zero-order valence-corrected chi connectivity index (χ0v) is 7.27. The minimum atomic E-state index is -1.11. The Bertz CT molecular complexity index is 288. The average Bonchev–Trinajstić information content (AvgIpc) is 2.50. The van der Waals surface area contributed by atoms with E-state index in [0.717, 1.165) is 5.56 Å². The summed E-state index contributed by atoms with van der Waals surface area (Å²) < 4.78 is 0. The lowest BCUT2D eigenvalue weighted by molar-refractivity contribution is -0.0441. The van der Waals surface area contributed by atoms with Crippen LogP contribution in [-0.4, -0.2) is 29.4 Å². The third-order valence-corrected chi connectivity index (χ3v) is 2.56. The van der Waals surface area contributed by atoms with Crippen molar-refractivity contribution in [2.75, 3.05) is 13.1 Å². The first-order chi connectivity index (χ1) is 6.23. The maximum Gasteiger partial charge on any atom is 0.129 e. The van der Waals surface area contributed by atoms with Gasteiger partial charge < -0.3 is 15.5 Å². The summed E-state index contributed by atoms with van der Waals surface area (Å²) in [5.74, 6) is 0. The van der Waals surface area contributed by atoms with Crippen LogP contribution in [0.3, 0.4) is 0 Å². The van der Waals surface area contributed by atoms with Crippen molar-refractivity contribution in [2.24, 2.45) is 0 Å². The summed E-state index contributed by atoms with van der Waals surface area (Å²) in [5.41, 5.74) is -0.339. The predicted octanol–water partition coefficient (Wildman–Crippen LogP) is -0.162. The second-order valence-corrected chi connectivity index (χ2v) is 3.44. The van der Waals surface area contributed by atoms with Gasteiger partial charge in [0, 0.05) is 13.1 Å². The SMILES string of the molecule is OC1CNCC1(O)c1ccccc1. The van der Waals surface area contributed by atoms with Crippen molar-refractivity contribution in [1.29, 1.82) is 0 Å². The summed E-state index contributed by atoms with van der Waals surface area (Å²) >= 11 is 0. The van der Waals surface area contributed by atoms with E-state index in [1.165, 1.54) is 0 Å². The van der Waals surface area contributed by atoms with E-state index >= 15 is 0 Å². The van der Waals surface area contributed by atoms with Gasteiger partial charge in [0.05, 0.1) is 0 Å². The first-order valence-corrected chi connectivity index (χ1v) is 4.40. The molecule has 1 heterocycles. The van der Waals surface area contributed by atoms with Crippen molar-refractivity contribution in [1.82, 2.24) is 5.32 Å². The van der Waals surface area contributed by atoms with E-state index in [4.69, 9.17) is 0 Å². The molecule has 70 valence electrons. The van der Waals surface area contributed by atoms with Gasteiger partial charge in [-0.2, -0.15) is 0 Å². The molecule has 1 aliphatic rings. The van der Waals surface area contributed by atoms with Crippen LogP contribution >= 0.6 is 0 Å². The highest BCUT2D eigenvalue weighted by atomic mass is 16.3. The molecule has 0 radical (unpaired) electrons. The van der Waals surface area contributed by atoms with Crippen molar-refractivity contribution >= 4 is 0 Å². The van der Waals surface area contributed by atoms with Gasteiger partial charge in [-0.3, -0.25) is 0 Å². The Labute approximate surface area is 77.0 Å². The van der Waals surface area contributed by atoms with Gasteiger partial charge >= 0.3 is 0 Å². The topological polar surface area (TPSA) is 52.5 Å². The smallest absolute Gasteiger partial charge is 0.129 e. The van der Waals surface area contributed by atoms with Crippen LogP contribution in [0.1, 0.15) is 5.56 Å². The normalized spacial score (nSPS) is 33.5. The van der Waals surface area contributed by atoms with Crippen LogP contribution in [0.4, 0.5) is 0 Å². The Balaban J connectivity index is 2.34. The van der Waals surface area contributed by atoms with Crippen LogP contribution < -0.4 is 5.32 Å². The van der Waals surface area contributed by atoms with Crippen LogP contribution in [0.5, 0.6) is 0 Å². The molecular weight excluding hydrogens is 166 g/mol. The highest BCUT2D eigenvalue weighted by Gasteiger charge is 2.41. The molecule has 3 nitrogen and oxygen atoms in total. The lowest BCUT2D eigenvalue weighted by atomic mass is 9.91. The lowest BCUT2D eigenvalue weighted by Gasteiger charge is -2.25. The van der Waals surface area contributed by atoms with Crippen LogP contribution in [0.15, 0.2) is 30.3 Å². The fourth-order valence-corrected chi connectivity index (χ4v) is 1.71. The molecule has 1 aromatic carbocycles. The molecule has 1 aromatic rings. The molecule has 2 atom stereocenters. The zero-order valence-electron chi connectivity index (χ0n) is 7.27. The van der Waals surface area contributed by atoms with E-state index in [0.29, 0.717) is 13.1 Å². The lowest BCUT2D eigenvalue weighted by Crippen LogP contribution is -2.38. The molecule has 1 fully saturated rings. The zero-order chi connectivity index (χ0) is 9.31. The molecule has 0 aromatic heterocycles. The molecule has 13 heavy (non-hydrogen) atoms. The fraction of sp³-hybridized carbons (Fsp3) is 0.400. The Morgan fingerprint density at radius 3 is 2.54 bits per heavy atom. The summed E-state index contributed by atoms with van der Waals surface area (Å²) in [5, 5.41) is 22.7. The van der Waals surface area contributed by atoms with Crippen LogP contribution in [-0.2, 0) is 5.60 Å². The molecule has 0 aliphatic carbocycles. The van der Waals surface area contributed by atoms with Crippen molar-refractivity contribution in [3.63, 3.8) is 0 Å². The number of aliphatic hydroxyl groups excluding tert-OH is 1. The summed E-state index contributed by atoms with van der Waals surface area (Å²) in [6.45, 7) is 0.865. The highest BCUT2D eigenvalue weighted by molar-refractivity contribution is 5.25. The van der Waals surface area contributed by atoms with Crippen molar-refractivity contribution in [3.05, 3.63) is 35.9 Å². The number of β-amino-alcohol motifs (C(OH)–C–C–N with tert-alkyl or cyclic N) is 2. The molecule has 3 N–H and O–H groups in total. The molecule has 1 saturated heterocycles. The first kappa shape index (κ1) is 8.69. The third-order valence-electron chi connectivity index (χ3n) is 2.56. The Kier molecular flexibility index (Phi) is 2.07. The molecule has 0 spiro atoms. The quantitative estimate of drug-likeness (QED) is 0.561. The van der Waals surface area contributed by atoms with Gasteiger partial charge in [0.2, 0.25) is 0 Å². The average molecular weight is 179 g/mol. The molecule has 0 saturated carbocycles.